The molecule has 0 saturated heterocycles. The van der Waals surface area contributed by atoms with Gasteiger partial charge >= 0.3 is 0 Å². The van der Waals surface area contributed by atoms with E-state index in [4.69, 9.17) is 5.84 Å². The Kier molecular flexibility index (Phi) is 4.02. The molecular formula is C8H15N5O2S. The maximum absolute atomic E-state index is 11.0. The first-order valence-corrected chi connectivity index (χ1v) is 6.67. The van der Waals surface area contributed by atoms with E-state index in [0.717, 1.165) is 0 Å². The fourth-order valence-corrected chi connectivity index (χ4v) is 1.65. The van der Waals surface area contributed by atoms with Crippen LogP contribution in [0, 0.1) is 0 Å². The summed E-state index contributed by atoms with van der Waals surface area (Å²) in [6, 6.07) is 1.68. The standard InChI is InChI=1S/C8H15N5O2S/c1-13(5-6-16(2,14)15)7-3-4-10-8(11-7)12-9/h3-4H,5-6,9H2,1-2H3,(H,10,11,12). The molecule has 0 aliphatic rings. The number of sulfone groups is 1. The Morgan fingerprint density at radius 3 is 2.81 bits per heavy atom. The monoisotopic (exact) mass is 245 g/mol. The molecule has 1 aromatic heterocycles. The highest BCUT2D eigenvalue weighted by Gasteiger charge is 2.08. The molecule has 0 aliphatic carbocycles. The van der Waals surface area contributed by atoms with Crippen molar-refractivity contribution in [2.75, 3.05) is 35.9 Å². The van der Waals surface area contributed by atoms with E-state index in [1.165, 1.54) is 6.26 Å². The normalized spacial score (nSPS) is 11.2. The van der Waals surface area contributed by atoms with Crippen molar-refractivity contribution in [1.29, 1.82) is 0 Å². The molecule has 0 spiro atoms. The van der Waals surface area contributed by atoms with Gasteiger partial charge in [0.05, 0.1) is 5.75 Å². The molecule has 16 heavy (non-hydrogen) atoms. The lowest BCUT2D eigenvalue weighted by molar-refractivity contribution is 0.601. The highest BCUT2D eigenvalue weighted by Crippen LogP contribution is 2.09. The van der Waals surface area contributed by atoms with Crippen LogP contribution in [0.25, 0.3) is 0 Å². The van der Waals surface area contributed by atoms with E-state index in [0.29, 0.717) is 18.3 Å². The molecule has 7 nitrogen and oxygen atoms in total. The number of hydrogen-bond donors (Lipinski definition) is 2. The van der Waals surface area contributed by atoms with E-state index in [1.54, 1.807) is 24.2 Å². The van der Waals surface area contributed by atoms with Gasteiger partial charge in [-0.2, -0.15) is 4.98 Å². The maximum atomic E-state index is 11.0. The lowest BCUT2D eigenvalue weighted by atomic mass is 10.5. The Hall–Kier alpha value is -1.41. The number of hydrazine groups is 1. The molecule has 0 saturated carbocycles. The molecule has 0 bridgehead atoms. The molecule has 3 N–H and O–H groups in total. The first kappa shape index (κ1) is 12.7. The number of nitrogen functional groups attached to an aromatic ring is 1. The van der Waals surface area contributed by atoms with E-state index in [-0.39, 0.29) is 5.75 Å². The Balaban J connectivity index is 2.69. The number of nitrogens with zero attached hydrogens (tertiary/aromatic N) is 3. The second kappa shape index (κ2) is 5.08. The molecule has 1 aromatic rings. The summed E-state index contributed by atoms with van der Waals surface area (Å²) in [5, 5.41) is 0. The molecule has 1 rings (SSSR count). The summed E-state index contributed by atoms with van der Waals surface area (Å²) in [5.74, 6) is 6.17. The average Bonchev–Trinajstić information content (AvgIpc) is 2.25. The van der Waals surface area contributed by atoms with Gasteiger partial charge in [0.25, 0.3) is 0 Å². The SMILES string of the molecule is CN(CCS(C)(=O)=O)c1ccnc(NN)n1. The molecule has 0 atom stereocenters. The largest absolute Gasteiger partial charge is 0.358 e. The van der Waals surface area contributed by atoms with Gasteiger partial charge in [-0.05, 0) is 6.07 Å². The van der Waals surface area contributed by atoms with Crippen LogP contribution < -0.4 is 16.2 Å². The number of nitrogens with two attached hydrogens (primary N) is 1. The van der Waals surface area contributed by atoms with Gasteiger partial charge in [-0.3, -0.25) is 5.43 Å². The minimum absolute atomic E-state index is 0.0822. The first-order chi connectivity index (χ1) is 7.42. The van der Waals surface area contributed by atoms with E-state index in [2.05, 4.69) is 15.4 Å². The van der Waals surface area contributed by atoms with Crippen LogP contribution in [0.2, 0.25) is 0 Å². The van der Waals surface area contributed by atoms with E-state index >= 15 is 0 Å². The van der Waals surface area contributed by atoms with Gasteiger partial charge in [-0.25, -0.2) is 19.2 Å². The first-order valence-electron chi connectivity index (χ1n) is 4.61. The molecule has 0 unspecified atom stereocenters. The third-order valence-corrected chi connectivity index (χ3v) is 2.88. The second-order valence-electron chi connectivity index (χ2n) is 3.43. The van der Waals surface area contributed by atoms with Crippen LogP contribution in [0.15, 0.2) is 12.3 Å². The van der Waals surface area contributed by atoms with Crippen molar-refractivity contribution >= 4 is 21.6 Å². The average molecular weight is 245 g/mol. The number of anilines is 2. The minimum atomic E-state index is -2.97. The van der Waals surface area contributed by atoms with Gasteiger partial charge in [0.15, 0.2) is 0 Å². The van der Waals surface area contributed by atoms with Crippen molar-refractivity contribution in [3.8, 4) is 0 Å². The number of hydrogen-bond acceptors (Lipinski definition) is 7. The molecule has 0 fully saturated rings. The van der Waals surface area contributed by atoms with Crippen LogP contribution in [0.1, 0.15) is 0 Å². The van der Waals surface area contributed by atoms with Crippen LogP contribution in [-0.2, 0) is 9.84 Å². The van der Waals surface area contributed by atoms with Crippen LogP contribution in [0.4, 0.5) is 11.8 Å². The minimum Gasteiger partial charge on any atom is -0.358 e. The third kappa shape index (κ3) is 3.99. The summed E-state index contributed by atoms with van der Waals surface area (Å²) in [6.07, 6.45) is 2.75. The maximum Gasteiger partial charge on any atom is 0.239 e. The zero-order valence-corrected chi connectivity index (χ0v) is 10.0. The molecule has 90 valence electrons. The Labute approximate surface area is 94.6 Å². The summed E-state index contributed by atoms with van der Waals surface area (Å²) in [6.45, 7) is 0.375. The Bertz CT molecular complexity index is 447. The summed E-state index contributed by atoms with van der Waals surface area (Å²) in [5.41, 5.74) is 2.33. The Morgan fingerprint density at radius 1 is 1.56 bits per heavy atom. The zero-order valence-electron chi connectivity index (χ0n) is 9.21. The Morgan fingerprint density at radius 2 is 2.25 bits per heavy atom. The molecule has 0 amide bonds. The van der Waals surface area contributed by atoms with Gasteiger partial charge < -0.3 is 4.90 Å². The lowest BCUT2D eigenvalue weighted by Gasteiger charge is -2.17. The van der Waals surface area contributed by atoms with Crippen LogP contribution in [0.3, 0.4) is 0 Å². The van der Waals surface area contributed by atoms with Crippen LogP contribution >= 0.6 is 0 Å². The van der Waals surface area contributed by atoms with Gasteiger partial charge in [0.1, 0.15) is 15.7 Å². The van der Waals surface area contributed by atoms with Crippen molar-refractivity contribution in [3.05, 3.63) is 12.3 Å². The van der Waals surface area contributed by atoms with Crippen molar-refractivity contribution in [1.82, 2.24) is 9.97 Å². The predicted molar refractivity (Wildman–Crippen MR) is 62.8 cm³/mol. The van der Waals surface area contributed by atoms with Crippen LogP contribution in [-0.4, -0.2) is 44.0 Å². The van der Waals surface area contributed by atoms with Gasteiger partial charge in [-0.1, -0.05) is 0 Å². The van der Waals surface area contributed by atoms with E-state index in [1.807, 2.05) is 0 Å². The number of rotatable bonds is 5. The molecule has 1 heterocycles. The fraction of sp³-hybridized carbons (Fsp3) is 0.500. The number of aromatic nitrogens is 2. The smallest absolute Gasteiger partial charge is 0.239 e. The van der Waals surface area contributed by atoms with Crippen molar-refractivity contribution in [3.63, 3.8) is 0 Å². The molecule has 0 radical (unpaired) electrons. The van der Waals surface area contributed by atoms with Crippen molar-refractivity contribution in [2.24, 2.45) is 5.84 Å². The zero-order chi connectivity index (χ0) is 12.2. The fourth-order valence-electron chi connectivity index (χ4n) is 1.05. The molecule has 0 aromatic carbocycles. The summed E-state index contributed by atoms with van der Waals surface area (Å²) in [7, 11) is -1.21. The topological polar surface area (TPSA) is 101 Å². The van der Waals surface area contributed by atoms with Crippen molar-refractivity contribution < 1.29 is 8.42 Å². The van der Waals surface area contributed by atoms with Gasteiger partial charge in [-0.15, -0.1) is 0 Å². The highest BCUT2D eigenvalue weighted by atomic mass is 32.2. The molecular weight excluding hydrogens is 230 g/mol. The summed E-state index contributed by atoms with van der Waals surface area (Å²) in [4.78, 5) is 9.66. The molecule has 8 heteroatoms. The predicted octanol–water partition coefficient (Wildman–Crippen LogP) is -0.757. The quantitative estimate of drug-likeness (QED) is 0.519. The van der Waals surface area contributed by atoms with Crippen LogP contribution in [0.5, 0.6) is 0 Å². The molecule has 0 aliphatic heterocycles. The lowest BCUT2D eigenvalue weighted by Crippen LogP contribution is -2.26. The second-order valence-corrected chi connectivity index (χ2v) is 5.69. The van der Waals surface area contributed by atoms with E-state index < -0.39 is 9.84 Å². The van der Waals surface area contributed by atoms with E-state index in [9.17, 15) is 8.42 Å². The highest BCUT2D eigenvalue weighted by molar-refractivity contribution is 7.90. The summed E-state index contributed by atoms with van der Waals surface area (Å²) < 4.78 is 22.0. The van der Waals surface area contributed by atoms with Gasteiger partial charge in [0, 0.05) is 26.0 Å². The van der Waals surface area contributed by atoms with Gasteiger partial charge in [0.2, 0.25) is 5.95 Å². The summed E-state index contributed by atoms with van der Waals surface area (Å²) >= 11 is 0. The number of nitrogens with one attached hydrogen (secondary N) is 1. The third-order valence-electron chi connectivity index (χ3n) is 1.96. The van der Waals surface area contributed by atoms with Crippen molar-refractivity contribution in [2.45, 2.75) is 0 Å².